The smallest absolute Gasteiger partial charge is 0.258 e. The maximum atomic E-state index is 12.0. The van der Waals surface area contributed by atoms with E-state index in [1.165, 1.54) is 13.0 Å². The molecule has 0 amide bonds. The van der Waals surface area contributed by atoms with Gasteiger partial charge in [0, 0.05) is 24.6 Å². The molecular weight excluding hydrogens is 318 g/mol. The Morgan fingerprint density at radius 3 is 2.67 bits per heavy atom. The molecule has 21 heavy (non-hydrogen) atoms. The average Bonchev–Trinajstić information content (AvgIpc) is 2.40. The first-order valence-corrected chi connectivity index (χ1v) is 7.97. The van der Waals surface area contributed by atoms with Gasteiger partial charge in [-0.1, -0.05) is 11.6 Å². The molecule has 0 spiro atoms. The summed E-state index contributed by atoms with van der Waals surface area (Å²) in [6.45, 7) is 1.61. The van der Waals surface area contributed by atoms with Crippen molar-refractivity contribution in [2.45, 2.75) is 31.1 Å². The largest absolute Gasteiger partial charge is 0.275 e. The Morgan fingerprint density at radius 1 is 1.43 bits per heavy atom. The van der Waals surface area contributed by atoms with Crippen molar-refractivity contribution in [3.63, 3.8) is 0 Å². The third-order valence-corrected chi connectivity index (χ3v) is 4.64. The standard InChI is InChI=1S/C12H14ClN3O4S/c1-9-11(13)7-10(8-12(9)16(17)18)21(19,20)15-6-4-2-3-5-14/h7-8,15H,2-4,6H2,1H3. The predicted molar refractivity (Wildman–Crippen MR) is 77.5 cm³/mol. The number of nitro groups is 1. The molecule has 0 aliphatic heterocycles. The number of rotatable bonds is 7. The Morgan fingerprint density at radius 2 is 2.10 bits per heavy atom. The van der Waals surface area contributed by atoms with E-state index in [1.807, 2.05) is 6.07 Å². The summed E-state index contributed by atoms with van der Waals surface area (Å²) in [6, 6.07) is 4.13. The van der Waals surface area contributed by atoms with E-state index in [9.17, 15) is 18.5 Å². The molecule has 7 nitrogen and oxygen atoms in total. The summed E-state index contributed by atoms with van der Waals surface area (Å²) in [6.07, 6.45) is 1.44. The van der Waals surface area contributed by atoms with Crippen LogP contribution in [0.3, 0.4) is 0 Å². The van der Waals surface area contributed by atoms with Gasteiger partial charge in [0.15, 0.2) is 0 Å². The molecule has 0 heterocycles. The van der Waals surface area contributed by atoms with Gasteiger partial charge < -0.3 is 0 Å². The van der Waals surface area contributed by atoms with Gasteiger partial charge in [-0.05, 0) is 25.8 Å². The molecule has 114 valence electrons. The summed E-state index contributed by atoms with van der Waals surface area (Å²) in [5.41, 5.74) is -0.123. The number of unbranched alkanes of at least 4 members (excludes halogenated alkanes) is 2. The first-order chi connectivity index (χ1) is 9.79. The normalized spacial score (nSPS) is 11.1. The van der Waals surface area contributed by atoms with E-state index in [1.54, 1.807) is 0 Å². The number of benzene rings is 1. The highest BCUT2D eigenvalue weighted by Crippen LogP contribution is 2.29. The second-order valence-electron chi connectivity index (χ2n) is 4.32. The van der Waals surface area contributed by atoms with E-state index in [0.717, 1.165) is 6.07 Å². The molecule has 0 radical (unpaired) electrons. The summed E-state index contributed by atoms with van der Waals surface area (Å²) in [4.78, 5) is 9.97. The molecule has 0 bridgehead atoms. The molecule has 1 N–H and O–H groups in total. The van der Waals surface area contributed by atoms with Crippen molar-refractivity contribution < 1.29 is 13.3 Å². The van der Waals surface area contributed by atoms with Gasteiger partial charge in [0.25, 0.3) is 5.69 Å². The summed E-state index contributed by atoms with van der Waals surface area (Å²) in [5, 5.41) is 19.3. The fourth-order valence-corrected chi connectivity index (χ4v) is 3.00. The number of halogens is 1. The van der Waals surface area contributed by atoms with Crippen LogP contribution in [-0.2, 0) is 10.0 Å². The number of sulfonamides is 1. The molecule has 0 aliphatic rings. The van der Waals surface area contributed by atoms with E-state index in [2.05, 4.69) is 4.72 Å². The Bertz CT molecular complexity index is 682. The minimum atomic E-state index is -3.86. The number of hydrogen-bond donors (Lipinski definition) is 1. The third-order valence-electron chi connectivity index (χ3n) is 2.80. The summed E-state index contributed by atoms with van der Waals surface area (Å²) in [5.74, 6) is 0. The van der Waals surface area contributed by atoms with Crippen LogP contribution in [-0.4, -0.2) is 19.9 Å². The van der Waals surface area contributed by atoms with Crippen LogP contribution in [0.4, 0.5) is 5.69 Å². The fraction of sp³-hybridized carbons (Fsp3) is 0.417. The van der Waals surface area contributed by atoms with Crippen LogP contribution >= 0.6 is 11.6 Å². The highest BCUT2D eigenvalue weighted by atomic mass is 35.5. The number of nitriles is 1. The van der Waals surface area contributed by atoms with E-state index >= 15 is 0 Å². The van der Waals surface area contributed by atoms with Gasteiger partial charge in [-0.25, -0.2) is 13.1 Å². The van der Waals surface area contributed by atoms with E-state index in [4.69, 9.17) is 16.9 Å². The van der Waals surface area contributed by atoms with Crippen LogP contribution in [0.25, 0.3) is 0 Å². The third kappa shape index (κ3) is 4.67. The first kappa shape index (κ1) is 17.4. The Kier molecular flexibility index (Phi) is 6.08. The fourth-order valence-electron chi connectivity index (χ4n) is 1.60. The second kappa shape index (κ2) is 7.36. The molecule has 0 aliphatic carbocycles. The van der Waals surface area contributed by atoms with Gasteiger partial charge in [0.1, 0.15) is 0 Å². The maximum Gasteiger partial charge on any atom is 0.275 e. The van der Waals surface area contributed by atoms with Gasteiger partial charge in [-0.3, -0.25) is 10.1 Å². The molecule has 0 fully saturated rings. The van der Waals surface area contributed by atoms with Crippen LogP contribution in [0.15, 0.2) is 17.0 Å². The van der Waals surface area contributed by atoms with Crippen LogP contribution in [0, 0.1) is 28.4 Å². The van der Waals surface area contributed by atoms with Gasteiger partial charge in [-0.2, -0.15) is 5.26 Å². The number of nitrogens with zero attached hydrogens (tertiary/aromatic N) is 2. The first-order valence-electron chi connectivity index (χ1n) is 6.10. The molecule has 1 aromatic carbocycles. The van der Waals surface area contributed by atoms with Crippen LogP contribution in [0.5, 0.6) is 0 Å². The lowest BCUT2D eigenvalue weighted by Gasteiger charge is -2.08. The number of nitro benzene ring substituents is 1. The number of hydrogen-bond acceptors (Lipinski definition) is 5. The zero-order valence-corrected chi connectivity index (χ0v) is 12.9. The highest BCUT2D eigenvalue weighted by Gasteiger charge is 2.22. The molecule has 0 saturated carbocycles. The summed E-state index contributed by atoms with van der Waals surface area (Å²) in [7, 11) is -3.86. The maximum absolute atomic E-state index is 12.0. The quantitative estimate of drug-likeness (QED) is 0.468. The average molecular weight is 332 g/mol. The van der Waals surface area contributed by atoms with Crippen molar-refractivity contribution in [1.29, 1.82) is 5.26 Å². The molecule has 0 aromatic heterocycles. The lowest BCUT2D eigenvalue weighted by molar-refractivity contribution is -0.385. The zero-order chi connectivity index (χ0) is 16.0. The summed E-state index contributed by atoms with van der Waals surface area (Å²) < 4.78 is 26.4. The van der Waals surface area contributed by atoms with Crippen LogP contribution < -0.4 is 4.72 Å². The van der Waals surface area contributed by atoms with E-state index in [-0.39, 0.29) is 27.7 Å². The number of nitrogens with one attached hydrogen (secondary N) is 1. The van der Waals surface area contributed by atoms with Crippen molar-refractivity contribution >= 4 is 27.3 Å². The molecule has 0 saturated heterocycles. The Hall–Kier alpha value is -1.69. The van der Waals surface area contributed by atoms with Gasteiger partial charge >= 0.3 is 0 Å². The zero-order valence-electron chi connectivity index (χ0n) is 11.3. The SMILES string of the molecule is Cc1c(Cl)cc(S(=O)(=O)NCCCCC#N)cc1[N+](=O)[O-]. The lowest BCUT2D eigenvalue weighted by Crippen LogP contribution is -2.25. The van der Waals surface area contributed by atoms with Gasteiger partial charge in [-0.15, -0.1) is 0 Å². The van der Waals surface area contributed by atoms with Crippen LogP contribution in [0.1, 0.15) is 24.8 Å². The topological polar surface area (TPSA) is 113 Å². The molecule has 9 heteroatoms. The molecule has 1 aromatic rings. The van der Waals surface area contributed by atoms with Crippen molar-refractivity contribution in [3.8, 4) is 6.07 Å². The Labute approximate surface area is 127 Å². The minimum absolute atomic E-state index is 0.0223. The van der Waals surface area contributed by atoms with E-state index in [0.29, 0.717) is 19.3 Å². The van der Waals surface area contributed by atoms with Crippen molar-refractivity contribution in [2.24, 2.45) is 0 Å². The van der Waals surface area contributed by atoms with Crippen molar-refractivity contribution in [1.82, 2.24) is 4.72 Å². The summed E-state index contributed by atoms with van der Waals surface area (Å²) >= 11 is 5.84. The monoisotopic (exact) mass is 331 g/mol. The predicted octanol–water partition coefficient (Wildman–Crippen LogP) is 2.53. The Balaban J connectivity index is 2.94. The molecule has 0 atom stereocenters. The molecule has 0 unspecified atom stereocenters. The highest BCUT2D eigenvalue weighted by molar-refractivity contribution is 7.89. The minimum Gasteiger partial charge on any atom is -0.258 e. The second-order valence-corrected chi connectivity index (χ2v) is 6.49. The molecular formula is C12H14ClN3O4S. The van der Waals surface area contributed by atoms with Gasteiger partial charge in [0.2, 0.25) is 10.0 Å². The molecule has 1 rings (SSSR count). The van der Waals surface area contributed by atoms with Crippen LogP contribution in [0.2, 0.25) is 5.02 Å². The van der Waals surface area contributed by atoms with E-state index < -0.39 is 14.9 Å². The van der Waals surface area contributed by atoms with Crippen molar-refractivity contribution in [3.05, 3.63) is 32.8 Å². The lowest BCUT2D eigenvalue weighted by atomic mass is 10.2. The van der Waals surface area contributed by atoms with Crippen molar-refractivity contribution in [2.75, 3.05) is 6.54 Å². The van der Waals surface area contributed by atoms with Gasteiger partial charge in [0.05, 0.1) is 20.9 Å².